The zero-order valence-corrected chi connectivity index (χ0v) is 13.4. The number of fused-ring (bicyclic) bond motifs is 4. The molecule has 1 amide bonds. The lowest BCUT2D eigenvalue weighted by atomic mass is 9.92. The summed E-state index contributed by atoms with van der Waals surface area (Å²) in [6, 6.07) is 5.86. The molecule has 120 valence electrons. The second kappa shape index (κ2) is 4.73. The van der Waals surface area contributed by atoms with Crippen LogP contribution in [-0.4, -0.2) is 43.2 Å². The highest BCUT2D eigenvalue weighted by Crippen LogP contribution is 2.39. The number of thioether (sulfide) groups is 1. The van der Waals surface area contributed by atoms with Gasteiger partial charge in [0.05, 0.1) is 17.1 Å². The van der Waals surface area contributed by atoms with Crippen molar-refractivity contribution in [3.8, 4) is 0 Å². The number of β-lactam (4-membered cyclic amide) rings is 1. The highest BCUT2D eigenvalue weighted by molar-refractivity contribution is 7.99. The first-order chi connectivity index (χ1) is 11.6. The molecule has 1 unspecified atom stereocenters. The molecule has 4 heterocycles. The summed E-state index contributed by atoms with van der Waals surface area (Å²) in [7, 11) is 0. The second-order valence-corrected chi connectivity index (χ2v) is 7.13. The van der Waals surface area contributed by atoms with E-state index in [0.29, 0.717) is 12.0 Å². The number of amides is 1. The maximum atomic E-state index is 12.3. The van der Waals surface area contributed by atoms with Gasteiger partial charge in [-0.25, -0.2) is 9.78 Å². The number of nitrogens with zero attached hydrogens (tertiary/aromatic N) is 3. The quantitative estimate of drug-likeness (QED) is 0.670. The molecule has 24 heavy (non-hydrogen) atoms. The van der Waals surface area contributed by atoms with Crippen molar-refractivity contribution in [1.82, 2.24) is 14.5 Å². The predicted molar refractivity (Wildman–Crippen MR) is 89.4 cm³/mol. The van der Waals surface area contributed by atoms with Gasteiger partial charge in [0.25, 0.3) is 5.91 Å². The fraction of sp³-hybridized carbons (Fsp3) is 0.235. The lowest BCUT2D eigenvalue weighted by molar-refractivity contribution is -0.142. The van der Waals surface area contributed by atoms with Crippen LogP contribution in [0.5, 0.6) is 0 Å². The third kappa shape index (κ3) is 1.76. The maximum Gasteiger partial charge on any atom is 0.352 e. The lowest BCUT2D eigenvalue weighted by Crippen LogP contribution is -2.52. The molecular weight excluding hydrogens is 326 g/mol. The SMILES string of the molecule is O=C(O)C1=CCC2C(=Cc3ccc4nc5n(c4c3)CCS5)C(=O)N12. The van der Waals surface area contributed by atoms with Gasteiger partial charge in [0.2, 0.25) is 0 Å². The molecule has 5 rings (SSSR count). The van der Waals surface area contributed by atoms with Crippen molar-refractivity contribution in [2.24, 2.45) is 0 Å². The van der Waals surface area contributed by atoms with Crippen LogP contribution < -0.4 is 0 Å². The first kappa shape index (κ1) is 13.9. The highest BCUT2D eigenvalue weighted by Gasteiger charge is 2.48. The van der Waals surface area contributed by atoms with E-state index >= 15 is 0 Å². The molecule has 1 aromatic carbocycles. The Morgan fingerprint density at radius 2 is 2.29 bits per heavy atom. The van der Waals surface area contributed by atoms with Gasteiger partial charge in [-0.15, -0.1) is 0 Å². The van der Waals surface area contributed by atoms with Crippen molar-refractivity contribution in [3.05, 3.63) is 41.1 Å². The molecule has 1 N–H and O–H groups in total. The van der Waals surface area contributed by atoms with E-state index in [4.69, 9.17) is 5.11 Å². The van der Waals surface area contributed by atoms with Gasteiger partial charge in [0, 0.05) is 17.9 Å². The summed E-state index contributed by atoms with van der Waals surface area (Å²) in [6.45, 7) is 0.956. The molecule has 0 saturated carbocycles. The minimum Gasteiger partial charge on any atom is -0.477 e. The second-order valence-electron chi connectivity index (χ2n) is 6.06. The van der Waals surface area contributed by atoms with Crippen LogP contribution in [-0.2, 0) is 16.1 Å². The Balaban J connectivity index is 1.50. The molecule has 3 aliphatic heterocycles. The Bertz CT molecular complexity index is 988. The van der Waals surface area contributed by atoms with E-state index in [1.807, 2.05) is 18.2 Å². The maximum absolute atomic E-state index is 12.3. The Kier molecular flexibility index (Phi) is 2.73. The molecule has 0 bridgehead atoms. The number of aryl methyl sites for hydroxylation is 1. The minimum absolute atomic E-state index is 0.100. The van der Waals surface area contributed by atoms with Crippen LogP contribution in [0.2, 0.25) is 0 Å². The normalized spacial score (nSPS) is 23.4. The van der Waals surface area contributed by atoms with Crippen molar-refractivity contribution < 1.29 is 14.7 Å². The van der Waals surface area contributed by atoms with E-state index in [1.54, 1.807) is 17.8 Å². The minimum atomic E-state index is -1.04. The van der Waals surface area contributed by atoms with Crippen molar-refractivity contribution in [1.29, 1.82) is 0 Å². The van der Waals surface area contributed by atoms with Gasteiger partial charge >= 0.3 is 5.97 Å². The number of hydrogen-bond acceptors (Lipinski definition) is 4. The summed E-state index contributed by atoms with van der Waals surface area (Å²) < 4.78 is 2.20. The number of aliphatic carboxylic acids is 1. The molecule has 1 fully saturated rings. The van der Waals surface area contributed by atoms with Crippen LogP contribution in [0.1, 0.15) is 12.0 Å². The summed E-state index contributed by atoms with van der Waals surface area (Å²) in [5, 5.41) is 10.2. The van der Waals surface area contributed by atoms with E-state index in [0.717, 1.165) is 34.1 Å². The van der Waals surface area contributed by atoms with Crippen LogP contribution in [0.4, 0.5) is 0 Å². The number of aromatic nitrogens is 2. The third-order valence-corrected chi connectivity index (χ3v) is 5.71. The molecule has 7 heteroatoms. The Morgan fingerprint density at radius 1 is 1.42 bits per heavy atom. The highest BCUT2D eigenvalue weighted by atomic mass is 32.2. The summed E-state index contributed by atoms with van der Waals surface area (Å²) in [5.74, 6) is -0.207. The summed E-state index contributed by atoms with van der Waals surface area (Å²) in [6.07, 6.45) is 4.07. The van der Waals surface area contributed by atoms with Crippen LogP contribution in [0, 0.1) is 0 Å². The molecule has 2 aromatic rings. The van der Waals surface area contributed by atoms with Gasteiger partial charge in [-0.2, -0.15) is 0 Å². The van der Waals surface area contributed by atoms with E-state index in [9.17, 15) is 9.59 Å². The van der Waals surface area contributed by atoms with Crippen molar-refractivity contribution >= 4 is 40.7 Å². The number of carboxylic acid groups (broad SMARTS) is 1. The van der Waals surface area contributed by atoms with Crippen LogP contribution in [0.15, 0.2) is 40.7 Å². The molecule has 3 aliphatic rings. The number of imidazole rings is 1. The zero-order chi connectivity index (χ0) is 16.4. The van der Waals surface area contributed by atoms with Crippen LogP contribution >= 0.6 is 11.8 Å². The van der Waals surface area contributed by atoms with Crippen LogP contribution in [0.3, 0.4) is 0 Å². The van der Waals surface area contributed by atoms with Gasteiger partial charge in [-0.05, 0) is 30.2 Å². The number of hydrogen-bond donors (Lipinski definition) is 1. The lowest BCUT2D eigenvalue weighted by Gasteiger charge is -2.38. The van der Waals surface area contributed by atoms with Crippen LogP contribution in [0.25, 0.3) is 17.1 Å². The zero-order valence-electron chi connectivity index (χ0n) is 12.6. The monoisotopic (exact) mass is 339 g/mol. The fourth-order valence-electron chi connectivity index (χ4n) is 3.62. The number of carboxylic acids is 1. The average Bonchev–Trinajstić information content (AvgIpc) is 3.24. The summed E-state index contributed by atoms with van der Waals surface area (Å²) >= 11 is 1.76. The standard InChI is InChI=1S/C17H13N3O3S/c21-15-10(12-3-4-13(16(22)23)20(12)15)7-9-1-2-11-14(8-9)19-5-6-24-17(19)18-11/h1-2,4,7-8,12H,3,5-6H2,(H,22,23). The Morgan fingerprint density at radius 3 is 3.12 bits per heavy atom. The van der Waals surface area contributed by atoms with Gasteiger partial charge in [0.15, 0.2) is 5.16 Å². The topological polar surface area (TPSA) is 75.4 Å². The van der Waals surface area contributed by atoms with E-state index in [-0.39, 0.29) is 17.6 Å². The van der Waals surface area contributed by atoms with Crippen molar-refractivity contribution in [3.63, 3.8) is 0 Å². The molecular formula is C17H13N3O3S. The van der Waals surface area contributed by atoms with E-state index in [2.05, 4.69) is 15.6 Å². The molecule has 0 aliphatic carbocycles. The molecule has 0 radical (unpaired) electrons. The predicted octanol–water partition coefficient (Wildman–Crippen LogP) is 2.11. The smallest absolute Gasteiger partial charge is 0.352 e. The molecule has 1 aromatic heterocycles. The molecule has 1 atom stereocenters. The Hall–Kier alpha value is -2.54. The summed E-state index contributed by atoms with van der Waals surface area (Å²) in [5.41, 5.74) is 3.79. The fourth-order valence-corrected chi connectivity index (χ4v) is 4.58. The number of rotatable bonds is 2. The van der Waals surface area contributed by atoms with Gasteiger partial charge < -0.3 is 9.67 Å². The molecule has 6 nitrogen and oxygen atoms in total. The van der Waals surface area contributed by atoms with Crippen molar-refractivity contribution in [2.45, 2.75) is 24.2 Å². The number of carbonyl (C=O) groups is 2. The van der Waals surface area contributed by atoms with Crippen molar-refractivity contribution in [2.75, 3.05) is 5.75 Å². The first-order valence-electron chi connectivity index (χ1n) is 7.75. The first-order valence-corrected chi connectivity index (χ1v) is 8.74. The number of benzene rings is 1. The number of carbonyl (C=O) groups excluding carboxylic acids is 1. The van der Waals surface area contributed by atoms with E-state index in [1.165, 1.54) is 4.90 Å². The average molecular weight is 339 g/mol. The Labute approximate surface area is 141 Å². The summed E-state index contributed by atoms with van der Waals surface area (Å²) in [4.78, 5) is 29.4. The third-order valence-electron chi connectivity index (χ3n) is 4.76. The van der Waals surface area contributed by atoms with Gasteiger partial charge in [-0.3, -0.25) is 9.69 Å². The van der Waals surface area contributed by atoms with Gasteiger partial charge in [0.1, 0.15) is 5.70 Å². The van der Waals surface area contributed by atoms with Gasteiger partial charge in [-0.1, -0.05) is 23.9 Å². The largest absolute Gasteiger partial charge is 0.477 e. The molecule has 1 saturated heterocycles. The molecule has 0 spiro atoms. The van der Waals surface area contributed by atoms with E-state index < -0.39 is 5.97 Å².